The minimum atomic E-state index is 0.341. The van der Waals surface area contributed by atoms with Crippen molar-refractivity contribution in [1.82, 2.24) is 24.9 Å². The molecule has 9 heteroatoms. The second-order valence-corrected chi connectivity index (χ2v) is 7.74. The van der Waals surface area contributed by atoms with Crippen LogP contribution in [-0.2, 0) is 4.74 Å². The molecule has 0 N–H and O–H groups in total. The largest absolute Gasteiger partial charge is 0.378 e. The number of rotatable bonds is 4. The first-order valence-corrected chi connectivity index (χ1v) is 10.5. The summed E-state index contributed by atoms with van der Waals surface area (Å²) in [5.41, 5.74) is 0.740. The van der Waals surface area contributed by atoms with Gasteiger partial charge in [0.1, 0.15) is 18.0 Å². The van der Waals surface area contributed by atoms with Gasteiger partial charge in [0.25, 0.3) is 0 Å². The van der Waals surface area contributed by atoms with E-state index in [1.165, 1.54) is 0 Å². The molecule has 0 spiro atoms. The average molecular weight is 406 g/mol. The standard InChI is InChI=1S/C21H26N8O/c1-27(18-6-8-23-21(26-18)28-10-12-30-13-11-28)16-4-3-9-29(14-16)20-17-5-2-7-22-19(17)24-15-25-20/h2,5-8,15-16H,3-4,9-14H2,1H3. The SMILES string of the molecule is CN(c1ccnc(N2CCOCC2)n1)C1CCCN(c2ncnc3ncccc23)C1. The first-order valence-electron chi connectivity index (χ1n) is 10.5. The minimum absolute atomic E-state index is 0.341. The van der Waals surface area contributed by atoms with E-state index in [0.29, 0.717) is 6.04 Å². The molecule has 9 nitrogen and oxygen atoms in total. The van der Waals surface area contributed by atoms with Gasteiger partial charge in [-0.2, -0.15) is 4.98 Å². The van der Waals surface area contributed by atoms with Crippen molar-refractivity contribution in [3.05, 3.63) is 36.9 Å². The Bertz CT molecular complexity index is 1000. The summed E-state index contributed by atoms with van der Waals surface area (Å²) in [6.07, 6.45) is 7.45. The van der Waals surface area contributed by atoms with Crippen molar-refractivity contribution < 1.29 is 4.74 Å². The first-order chi connectivity index (χ1) is 14.8. The Morgan fingerprint density at radius 3 is 2.80 bits per heavy atom. The van der Waals surface area contributed by atoms with E-state index in [9.17, 15) is 0 Å². The summed E-state index contributed by atoms with van der Waals surface area (Å²) in [4.78, 5) is 29.4. The quantitative estimate of drug-likeness (QED) is 0.643. The van der Waals surface area contributed by atoms with Crippen LogP contribution in [0.4, 0.5) is 17.6 Å². The average Bonchev–Trinajstić information content (AvgIpc) is 2.84. The molecule has 0 radical (unpaired) electrons. The minimum Gasteiger partial charge on any atom is -0.378 e. The van der Waals surface area contributed by atoms with Crippen LogP contribution in [0.15, 0.2) is 36.9 Å². The van der Waals surface area contributed by atoms with Gasteiger partial charge in [-0.05, 0) is 31.0 Å². The normalized spacial score (nSPS) is 19.8. The molecule has 2 fully saturated rings. The Labute approximate surface area is 175 Å². The topological polar surface area (TPSA) is 83.4 Å². The van der Waals surface area contributed by atoms with Gasteiger partial charge in [-0.3, -0.25) is 0 Å². The smallest absolute Gasteiger partial charge is 0.227 e. The summed E-state index contributed by atoms with van der Waals surface area (Å²) in [6.45, 7) is 4.98. The first kappa shape index (κ1) is 18.9. The van der Waals surface area contributed by atoms with E-state index in [0.717, 1.165) is 80.9 Å². The molecule has 1 unspecified atom stereocenters. The van der Waals surface area contributed by atoms with Crippen molar-refractivity contribution >= 4 is 28.6 Å². The third-order valence-corrected chi connectivity index (χ3v) is 5.91. The number of aromatic nitrogens is 5. The Morgan fingerprint density at radius 2 is 1.90 bits per heavy atom. The molecule has 2 aliphatic heterocycles. The number of likely N-dealkylation sites (N-methyl/N-ethyl adjacent to an activating group) is 1. The second-order valence-electron chi connectivity index (χ2n) is 7.74. The van der Waals surface area contributed by atoms with Crippen molar-refractivity contribution in [3.8, 4) is 0 Å². The highest BCUT2D eigenvalue weighted by atomic mass is 16.5. The van der Waals surface area contributed by atoms with Gasteiger partial charge in [0, 0.05) is 51.7 Å². The molecular weight excluding hydrogens is 380 g/mol. The number of nitrogens with zero attached hydrogens (tertiary/aromatic N) is 8. The lowest BCUT2D eigenvalue weighted by atomic mass is 10.0. The lowest BCUT2D eigenvalue weighted by Gasteiger charge is -2.39. The molecule has 2 aliphatic rings. The molecule has 30 heavy (non-hydrogen) atoms. The van der Waals surface area contributed by atoms with E-state index in [4.69, 9.17) is 9.72 Å². The van der Waals surface area contributed by atoms with Gasteiger partial charge in [-0.1, -0.05) is 0 Å². The number of hydrogen-bond donors (Lipinski definition) is 0. The van der Waals surface area contributed by atoms with Crippen molar-refractivity contribution in [2.75, 3.05) is 61.1 Å². The van der Waals surface area contributed by atoms with E-state index in [1.807, 2.05) is 24.4 Å². The van der Waals surface area contributed by atoms with Crippen LogP contribution >= 0.6 is 0 Å². The number of ether oxygens (including phenoxy) is 1. The maximum Gasteiger partial charge on any atom is 0.227 e. The van der Waals surface area contributed by atoms with Crippen LogP contribution in [0.25, 0.3) is 11.0 Å². The van der Waals surface area contributed by atoms with Crippen molar-refractivity contribution in [2.45, 2.75) is 18.9 Å². The molecular formula is C21H26N8O. The summed E-state index contributed by atoms with van der Waals surface area (Å²) < 4.78 is 5.45. The molecule has 156 valence electrons. The van der Waals surface area contributed by atoms with Gasteiger partial charge in [0.05, 0.1) is 18.6 Å². The van der Waals surface area contributed by atoms with Crippen LogP contribution < -0.4 is 14.7 Å². The molecule has 5 heterocycles. The molecule has 0 saturated carbocycles. The van der Waals surface area contributed by atoms with Gasteiger partial charge >= 0.3 is 0 Å². The fourth-order valence-corrected chi connectivity index (χ4v) is 4.24. The number of fused-ring (bicyclic) bond motifs is 1. The molecule has 2 saturated heterocycles. The number of anilines is 3. The van der Waals surface area contributed by atoms with Gasteiger partial charge in [0.15, 0.2) is 5.65 Å². The Hall–Kier alpha value is -3.07. The Balaban J connectivity index is 1.36. The van der Waals surface area contributed by atoms with Gasteiger partial charge < -0.3 is 19.4 Å². The monoisotopic (exact) mass is 406 g/mol. The zero-order valence-electron chi connectivity index (χ0n) is 17.2. The van der Waals surface area contributed by atoms with E-state index in [1.54, 1.807) is 12.5 Å². The maximum absolute atomic E-state index is 5.45. The molecule has 5 rings (SSSR count). The third-order valence-electron chi connectivity index (χ3n) is 5.91. The van der Waals surface area contributed by atoms with Gasteiger partial charge in [-0.25, -0.2) is 19.9 Å². The van der Waals surface area contributed by atoms with Crippen LogP contribution in [0.5, 0.6) is 0 Å². The van der Waals surface area contributed by atoms with Crippen LogP contribution in [0.1, 0.15) is 12.8 Å². The van der Waals surface area contributed by atoms with E-state index in [-0.39, 0.29) is 0 Å². The Kier molecular flexibility index (Phi) is 5.27. The van der Waals surface area contributed by atoms with Crippen LogP contribution in [-0.4, -0.2) is 77.4 Å². The summed E-state index contributed by atoms with van der Waals surface area (Å²) >= 11 is 0. The van der Waals surface area contributed by atoms with Crippen molar-refractivity contribution in [3.63, 3.8) is 0 Å². The zero-order valence-corrected chi connectivity index (χ0v) is 17.2. The van der Waals surface area contributed by atoms with Crippen LogP contribution in [0, 0.1) is 0 Å². The van der Waals surface area contributed by atoms with E-state index < -0.39 is 0 Å². The predicted molar refractivity (Wildman–Crippen MR) is 116 cm³/mol. The fourth-order valence-electron chi connectivity index (χ4n) is 4.24. The van der Waals surface area contributed by atoms with Crippen LogP contribution in [0.3, 0.4) is 0 Å². The highest BCUT2D eigenvalue weighted by Gasteiger charge is 2.26. The third kappa shape index (κ3) is 3.72. The maximum atomic E-state index is 5.45. The highest BCUT2D eigenvalue weighted by Crippen LogP contribution is 2.27. The number of pyridine rings is 1. The predicted octanol–water partition coefficient (Wildman–Crippen LogP) is 1.76. The molecule has 0 amide bonds. The summed E-state index contributed by atoms with van der Waals surface area (Å²) in [7, 11) is 2.12. The van der Waals surface area contributed by atoms with Gasteiger partial charge in [-0.15, -0.1) is 0 Å². The van der Waals surface area contributed by atoms with Crippen molar-refractivity contribution in [2.24, 2.45) is 0 Å². The molecule has 0 aliphatic carbocycles. The number of piperidine rings is 1. The molecule has 3 aromatic rings. The highest BCUT2D eigenvalue weighted by molar-refractivity contribution is 5.86. The van der Waals surface area contributed by atoms with Gasteiger partial charge in [0.2, 0.25) is 5.95 Å². The van der Waals surface area contributed by atoms with E-state index in [2.05, 4.69) is 41.7 Å². The summed E-state index contributed by atoms with van der Waals surface area (Å²) in [6, 6.07) is 6.32. The second kappa shape index (κ2) is 8.35. The van der Waals surface area contributed by atoms with Crippen molar-refractivity contribution in [1.29, 1.82) is 0 Å². The number of morpholine rings is 1. The molecule has 1 atom stereocenters. The zero-order chi connectivity index (χ0) is 20.3. The number of hydrogen-bond acceptors (Lipinski definition) is 9. The summed E-state index contributed by atoms with van der Waals surface area (Å²) in [5, 5.41) is 1.000. The van der Waals surface area contributed by atoms with Crippen LogP contribution in [0.2, 0.25) is 0 Å². The molecule has 3 aromatic heterocycles. The van der Waals surface area contributed by atoms with E-state index >= 15 is 0 Å². The lowest BCUT2D eigenvalue weighted by Crippen LogP contribution is -2.47. The summed E-state index contributed by atoms with van der Waals surface area (Å²) in [5.74, 6) is 2.69. The Morgan fingerprint density at radius 1 is 1.00 bits per heavy atom. The fraction of sp³-hybridized carbons (Fsp3) is 0.476. The molecule has 0 bridgehead atoms. The molecule has 0 aromatic carbocycles. The lowest BCUT2D eigenvalue weighted by molar-refractivity contribution is 0.122.